The Morgan fingerprint density at radius 3 is 2.28 bits per heavy atom. The van der Waals surface area contributed by atoms with E-state index in [4.69, 9.17) is 20.9 Å². The molecule has 8 nitrogen and oxygen atoms in total. The molecule has 1 fully saturated rings. The number of fused-ring (bicyclic) bond motifs is 1. The molecule has 1 aromatic heterocycles. The summed E-state index contributed by atoms with van der Waals surface area (Å²) < 4.78 is 11.6. The lowest BCUT2D eigenvalue weighted by Gasteiger charge is -2.37. The first kappa shape index (κ1) is 35.1. The summed E-state index contributed by atoms with van der Waals surface area (Å²) in [4.78, 5) is 32.1. The number of ether oxygens (including phenoxy) is 2. The number of benzene rings is 1. The molecule has 0 radical (unpaired) electrons. The first-order valence-electron chi connectivity index (χ1n) is 16.4. The number of hydrogen-bond donors (Lipinski definition) is 3. The molecule has 0 aliphatic heterocycles. The van der Waals surface area contributed by atoms with E-state index in [-0.39, 0.29) is 35.5 Å². The van der Waals surface area contributed by atoms with E-state index in [1.807, 2.05) is 32.0 Å². The smallest absolute Gasteiger partial charge is 0.323 e. The van der Waals surface area contributed by atoms with Crippen LogP contribution in [-0.2, 0) is 19.1 Å². The summed E-state index contributed by atoms with van der Waals surface area (Å²) in [5, 5.41) is 1.19. The van der Waals surface area contributed by atoms with Crippen LogP contribution in [0.15, 0.2) is 30.5 Å². The van der Waals surface area contributed by atoms with Gasteiger partial charge in [0.1, 0.15) is 12.1 Å². The number of nitrogens with two attached hydrogens (primary N) is 2. The third kappa shape index (κ3) is 9.53. The molecule has 0 spiro atoms. The van der Waals surface area contributed by atoms with Gasteiger partial charge in [0.05, 0.1) is 0 Å². The number of methoxy groups -OCH3 is 1. The summed E-state index contributed by atoms with van der Waals surface area (Å²) in [6.45, 7) is 13.1. The molecule has 43 heavy (non-hydrogen) atoms. The van der Waals surface area contributed by atoms with E-state index in [1.165, 1.54) is 10.9 Å². The highest BCUT2D eigenvalue weighted by Gasteiger charge is 2.39. The van der Waals surface area contributed by atoms with Crippen molar-refractivity contribution in [3.05, 3.63) is 36.0 Å². The highest BCUT2D eigenvalue weighted by Crippen LogP contribution is 2.39. The fourth-order valence-corrected chi connectivity index (χ4v) is 6.36. The average Bonchev–Trinajstić information content (AvgIpc) is 3.71. The van der Waals surface area contributed by atoms with Crippen LogP contribution >= 0.6 is 0 Å². The Kier molecular flexibility index (Phi) is 13.1. The molecule has 2 aromatic rings. The third-order valence-electron chi connectivity index (χ3n) is 9.57. The highest BCUT2D eigenvalue weighted by atomic mass is 16.5. The summed E-state index contributed by atoms with van der Waals surface area (Å²) in [6.07, 6.45) is 6.38. The number of amides is 1. The minimum absolute atomic E-state index is 0.0654. The Morgan fingerprint density at radius 1 is 1.00 bits per heavy atom. The minimum atomic E-state index is -0.743. The normalized spacial score (nSPS) is 18.1. The monoisotopic (exact) mass is 598 g/mol. The van der Waals surface area contributed by atoms with Gasteiger partial charge in [-0.2, -0.15) is 0 Å². The number of carbonyl (C=O) groups is 2. The van der Waals surface area contributed by atoms with Crippen LogP contribution in [0.5, 0.6) is 0 Å². The van der Waals surface area contributed by atoms with Crippen molar-refractivity contribution in [1.82, 2.24) is 9.88 Å². The van der Waals surface area contributed by atoms with Gasteiger partial charge in [-0.3, -0.25) is 9.59 Å². The second kappa shape index (κ2) is 16.1. The van der Waals surface area contributed by atoms with Gasteiger partial charge in [-0.15, -0.1) is 0 Å². The zero-order chi connectivity index (χ0) is 31.8. The van der Waals surface area contributed by atoms with Crippen molar-refractivity contribution in [2.75, 3.05) is 20.8 Å². The lowest BCUT2D eigenvalue weighted by atomic mass is 9.72. The van der Waals surface area contributed by atoms with Gasteiger partial charge in [0.15, 0.2) is 0 Å². The number of carbonyl (C=O) groups excluding carboxylic acids is 2. The molecule has 3 rings (SSSR count). The standard InChI is InChI=1S/C35H58N4O4/c1-21(2)28(27(10-9-17-42-8)25-12-11-24-15-16-38-31(24)18-25)19-30(36)32(43-35(41)33(37)23(5)6)20-29(22(3)4)34(40)39(7)26-13-14-26/h11-12,15-16,18,21-23,26-30,32-33,38H,9-10,13-14,17,19-20,36-37H2,1-8H3/t27?,28-,29-,30-,32-,33-/m0/s1. The number of H-pyrrole nitrogens is 1. The Bertz CT molecular complexity index is 1160. The van der Waals surface area contributed by atoms with Crippen LogP contribution in [0.1, 0.15) is 91.5 Å². The number of aromatic nitrogens is 1. The van der Waals surface area contributed by atoms with E-state index < -0.39 is 24.2 Å². The molecule has 1 aliphatic rings. The van der Waals surface area contributed by atoms with Crippen molar-refractivity contribution >= 4 is 22.8 Å². The molecular weight excluding hydrogens is 540 g/mol. The molecular formula is C35H58N4O4. The molecule has 1 unspecified atom stereocenters. The maximum Gasteiger partial charge on any atom is 0.323 e. The van der Waals surface area contributed by atoms with E-state index in [2.05, 4.69) is 56.9 Å². The number of hydrogen-bond acceptors (Lipinski definition) is 6. The van der Waals surface area contributed by atoms with Crippen LogP contribution in [0.4, 0.5) is 0 Å². The molecule has 1 aromatic carbocycles. The molecule has 242 valence electrons. The molecule has 5 N–H and O–H groups in total. The first-order valence-corrected chi connectivity index (χ1v) is 16.4. The number of aromatic amines is 1. The topological polar surface area (TPSA) is 124 Å². The molecule has 1 heterocycles. The lowest BCUT2D eigenvalue weighted by molar-refractivity contribution is -0.156. The van der Waals surface area contributed by atoms with Crippen LogP contribution in [-0.4, -0.2) is 66.8 Å². The lowest BCUT2D eigenvalue weighted by Crippen LogP contribution is -2.48. The fraction of sp³-hybridized carbons (Fsp3) is 0.714. The predicted molar refractivity (Wildman–Crippen MR) is 175 cm³/mol. The summed E-state index contributed by atoms with van der Waals surface area (Å²) in [6, 6.07) is 7.87. The second-order valence-corrected chi connectivity index (χ2v) is 13.9. The molecule has 6 atom stereocenters. The number of rotatable bonds is 18. The van der Waals surface area contributed by atoms with Gasteiger partial charge in [0, 0.05) is 50.5 Å². The van der Waals surface area contributed by atoms with E-state index in [0.29, 0.717) is 31.4 Å². The summed E-state index contributed by atoms with van der Waals surface area (Å²) >= 11 is 0. The maximum absolute atomic E-state index is 13.6. The first-order chi connectivity index (χ1) is 20.3. The molecule has 1 aliphatic carbocycles. The van der Waals surface area contributed by atoms with Crippen molar-refractivity contribution in [1.29, 1.82) is 0 Å². The number of nitrogens with zero attached hydrogens (tertiary/aromatic N) is 1. The zero-order valence-corrected chi connectivity index (χ0v) is 27.8. The van der Waals surface area contributed by atoms with Crippen LogP contribution in [0.3, 0.4) is 0 Å². The van der Waals surface area contributed by atoms with Crippen LogP contribution < -0.4 is 11.5 Å². The Hall–Kier alpha value is -2.42. The minimum Gasteiger partial charge on any atom is -0.460 e. The summed E-state index contributed by atoms with van der Waals surface area (Å²) in [7, 11) is 3.63. The SMILES string of the molecule is COCCCC(c1ccc2cc[nH]c2c1)[C@@H](C[C@H](N)[C@H](C[C@H](C(=O)N(C)C1CC1)C(C)C)OC(=O)[C@@H](N)C(C)C)C(C)C. The van der Waals surface area contributed by atoms with Crippen molar-refractivity contribution in [3.8, 4) is 0 Å². The predicted octanol–water partition coefficient (Wildman–Crippen LogP) is 5.85. The van der Waals surface area contributed by atoms with E-state index >= 15 is 0 Å². The van der Waals surface area contributed by atoms with E-state index in [0.717, 1.165) is 31.2 Å². The molecule has 1 saturated carbocycles. The Labute approximate surface area is 259 Å². The largest absolute Gasteiger partial charge is 0.460 e. The van der Waals surface area contributed by atoms with E-state index in [1.54, 1.807) is 7.11 Å². The average molecular weight is 599 g/mol. The molecule has 8 heteroatoms. The third-order valence-corrected chi connectivity index (χ3v) is 9.57. The van der Waals surface area contributed by atoms with Crippen molar-refractivity contribution in [2.45, 2.75) is 110 Å². The number of nitrogens with one attached hydrogen (secondary N) is 1. The second-order valence-electron chi connectivity index (χ2n) is 13.9. The van der Waals surface area contributed by atoms with Gasteiger partial charge in [-0.25, -0.2) is 0 Å². The van der Waals surface area contributed by atoms with Crippen molar-refractivity contribution in [3.63, 3.8) is 0 Å². The van der Waals surface area contributed by atoms with Crippen molar-refractivity contribution < 1.29 is 19.1 Å². The summed E-state index contributed by atoms with van der Waals surface area (Å²) in [5.41, 5.74) is 15.7. The fourth-order valence-electron chi connectivity index (χ4n) is 6.36. The zero-order valence-electron chi connectivity index (χ0n) is 27.8. The van der Waals surface area contributed by atoms with Crippen LogP contribution in [0.25, 0.3) is 10.9 Å². The van der Waals surface area contributed by atoms with Crippen molar-refractivity contribution in [2.24, 2.45) is 41.1 Å². The molecule has 1 amide bonds. The summed E-state index contributed by atoms with van der Waals surface area (Å²) in [5.74, 6) is 0.173. The van der Waals surface area contributed by atoms with Gasteiger partial charge < -0.3 is 30.8 Å². The van der Waals surface area contributed by atoms with Gasteiger partial charge in [-0.05, 0) is 91.2 Å². The quantitative estimate of drug-likeness (QED) is 0.146. The highest BCUT2D eigenvalue weighted by molar-refractivity contribution is 5.80. The van der Waals surface area contributed by atoms with Gasteiger partial charge in [0.25, 0.3) is 0 Å². The van der Waals surface area contributed by atoms with Gasteiger partial charge >= 0.3 is 5.97 Å². The van der Waals surface area contributed by atoms with Crippen LogP contribution in [0.2, 0.25) is 0 Å². The van der Waals surface area contributed by atoms with Crippen LogP contribution in [0, 0.1) is 29.6 Å². The Balaban J connectivity index is 1.92. The Morgan fingerprint density at radius 2 is 1.70 bits per heavy atom. The maximum atomic E-state index is 13.6. The van der Waals surface area contributed by atoms with Gasteiger partial charge in [0.2, 0.25) is 5.91 Å². The van der Waals surface area contributed by atoms with E-state index in [9.17, 15) is 9.59 Å². The molecule has 0 bridgehead atoms. The molecule has 0 saturated heterocycles. The number of esters is 1. The van der Waals surface area contributed by atoms with Gasteiger partial charge in [-0.1, -0.05) is 53.7 Å².